The number of hydrogen-bond acceptors (Lipinski definition) is 4. The monoisotopic (exact) mass is 333 g/mol. The minimum Gasteiger partial charge on any atom is -0.488 e. The van der Waals surface area contributed by atoms with Crippen LogP contribution in [0.4, 0.5) is 0 Å². The Morgan fingerprint density at radius 3 is 2.48 bits per heavy atom. The van der Waals surface area contributed by atoms with E-state index in [1.807, 2.05) is 75.5 Å². The standard InChI is InChI=1S/C20H19N3O2/c1-20(2,3)24-16-7-4-13(5-8-16)18-22-19(25-23-18)15-6-9-17-14(12-15)10-11-21-17/h4-12,21H,1-3H3. The fourth-order valence-electron chi connectivity index (χ4n) is 2.67. The van der Waals surface area contributed by atoms with Crippen LogP contribution in [-0.2, 0) is 0 Å². The van der Waals surface area contributed by atoms with E-state index in [9.17, 15) is 0 Å². The zero-order valence-electron chi connectivity index (χ0n) is 14.4. The molecule has 4 aromatic rings. The van der Waals surface area contributed by atoms with E-state index in [0.29, 0.717) is 11.7 Å². The van der Waals surface area contributed by atoms with Gasteiger partial charge in [0, 0.05) is 28.2 Å². The number of rotatable bonds is 3. The molecule has 0 saturated carbocycles. The number of nitrogens with zero attached hydrogens (tertiary/aromatic N) is 2. The molecule has 126 valence electrons. The molecule has 2 aromatic carbocycles. The van der Waals surface area contributed by atoms with Crippen molar-refractivity contribution in [3.8, 4) is 28.6 Å². The van der Waals surface area contributed by atoms with E-state index >= 15 is 0 Å². The fraction of sp³-hybridized carbons (Fsp3) is 0.200. The van der Waals surface area contributed by atoms with Gasteiger partial charge in [0.15, 0.2) is 0 Å². The molecule has 0 aliphatic heterocycles. The molecule has 0 unspecified atom stereocenters. The van der Waals surface area contributed by atoms with Crippen LogP contribution >= 0.6 is 0 Å². The largest absolute Gasteiger partial charge is 0.488 e. The molecular formula is C20H19N3O2. The number of aromatic nitrogens is 3. The molecule has 0 saturated heterocycles. The second-order valence-corrected chi connectivity index (χ2v) is 6.94. The van der Waals surface area contributed by atoms with Crippen LogP contribution in [0.3, 0.4) is 0 Å². The number of ether oxygens (including phenoxy) is 1. The Hall–Kier alpha value is -3.08. The van der Waals surface area contributed by atoms with Gasteiger partial charge in [0.2, 0.25) is 5.82 Å². The molecule has 0 aliphatic rings. The van der Waals surface area contributed by atoms with E-state index < -0.39 is 0 Å². The highest BCUT2D eigenvalue weighted by Gasteiger charge is 2.14. The smallest absolute Gasteiger partial charge is 0.258 e. The maximum absolute atomic E-state index is 5.83. The normalized spacial score (nSPS) is 11.8. The third kappa shape index (κ3) is 3.26. The molecule has 0 radical (unpaired) electrons. The lowest BCUT2D eigenvalue weighted by Gasteiger charge is -2.21. The van der Waals surface area contributed by atoms with Crippen LogP contribution in [0.1, 0.15) is 20.8 Å². The fourth-order valence-corrected chi connectivity index (χ4v) is 2.67. The molecule has 0 spiro atoms. The predicted molar refractivity (Wildman–Crippen MR) is 97.4 cm³/mol. The van der Waals surface area contributed by atoms with Gasteiger partial charge in [0.05, 0.1) is 0 Å². The molecule has 5 nitrogen and oxygen atoms in total. The van der Waals surface area contributed by atoms with Gasteiger partial charge in [-0.05, 0) is 69.3 Å². The lowest BCUT2D eigenvalue weighted by molar-refractivity contribution is 0.131. The van der Waals surface area contributed by atoms with E-state index in [4.69, 9.17) is 9.26 Å². The van der Waals surface area contributed by atoms with Gasteiger partial charge in [-0.3, -0.25) is 0 Å². The zero-order chi connectivity index (χ0) is 17.4. The maximum atomic E-state index is 5.83. The summed E-state index contributed by atoms with van der Waals surface area (Å²) >= 11 is 0. The predicted octanol–water partition coefficient (Wildman–Crippen LogP) is 5.06. The first kappa shape index (κ1) is 15.4. The van der Waals surface area contributed by atoms with Crippen molar-refractivity contribution in [3.63, 3.8) is 0 Å². The summed E-state index contributed by atoms with van der Waals surface area (Å²) in [6.07, 6.45) is 1.91. The van der Waals surface area contributed by atoms with Crippen LogP contribution in [0.2, 0.25) is 0 Å². The molecule has 25 heavy (non-hydrogen) atoms. The summed E-state index contributed by atoms with van der Waals surface area (Å²) in [6.45, 7) is 6.06. The molecule has 1 N–H and O–H groups in total. The van der Waals surface area contributed by atoms with Gasteiger partial charge in [-0.25, -0.2) is 0 Å². The zero-order valence-corrected chi connectivity index (χ0v) is 14.4. The summed E-state index contributed by atoms with van der Waals surface area (Å²) in [7, 11) is 0. The first-order valence-electron chi connectivity index (χ1n) is 8.19. The number of aromatic amines is 1. The highest BCUT2D eigenvalue weighted by molar-refractivity contribution is 5.83. The number of nitrogens with one attached hydrogen (secondary N) is 1. The Kier molecular flexibility index (Phi) is 3.57. The van der Waals surface area contributed by atoms with Crippen LogP contribution in [0.25, 0.3) is 33.7 Å². The molecular weight excluding hydrogens is 314 g/mol. The van der Waals surface area contributed by atoms with Gasteiger partial charge in [-0.2, -0.15) is 4.98 Å². The highest BCUT2D eigenvalue weighted by atomic mass is 16.5. The Balaban J connectivity index is 1.60. The number of benzene rings is 2. The van der Waals surface area contributed by atoms with Gasteiger partial charge in [0.25, 0.3) is 5.89 Å². The topological polar surface area (TPSA) is 63.9 Å². The summed E-state index contributed by atoms with van der Waals surface area (Å²) in [4.78, 5) is 7.69. The molecule has 0 amide bonds. The van der Waals surface area contributed by atoms with Crippen LogP contribution in [0.15, 0.2) is 59.3 Å². The van der Waals surface area contributed by atoms with E-state index in [1.165, 1.54) is 0 Å². The lowest BCUT2D eigenvalue weighted by Crippen LogP contribution is -2.22. The second kappa shape index (κ2) is 5.77. The van der Waals surface area contributed by atoms with E-state index in [1.54, 1.807) is 0 Å². The first-order valence-corrected chi connectivity index (χ1v) is 8.19. The minimum atomic E-state index is -0.225. The molecule has 2 aromatic heterocycles. The Bertz CT molecular complexity index is 1010. The van der Waals surface area contributed by atoms with Crippen molar-refractivity contribution in [1.29, 1.82) is 0 Å². The summed E-state index contributed by atoms with van der Waals surface area (Å²) in [5.41, 5.74) is 2.65. The Morgan fingerprint density at radius 1 is 0.960 bits per heavy atom. The van der Waals surface area contributed by atoms with Crippen molar-refractivity contribution < 1.29 is 9.26 Å². The minimum absolute atomic E-state index is 0.225. The number of hydrogen-bond donors (Lipinski definition) is 1. The molecule has 0 atom stereocenters. The van der Waals surface area contributed by atoms with Crippen molar-refractivity contribution in [2.75, 3.05) is 0 Å². The first-order chi connectivity index (χ1) is 12.0. The molecule has 0 aliphatic carbocycles. The van der Waals surface area contributed by atoms with Gasteiger partial charge in [-0.1, -0.05) is 5.16 Å². The molecule has 0 bridgehead atoms. The van der Waals surface area contributed by atoms with Gasteiger partial charge in [0.1, 0.15) is 11.4 Å². The van der Waals surface area contributed by atoms with Crippen molar-refractivity contribution >= 4 is 10.9 Å². The van der Waals surface area contributed by atoms with Crippen LogP contribution in [-0.4, -0.2) is 20.7 Å². The van der Waals surface area contributed by atoms with Gasteiger partial charge >= 0.3 is 0 Å². The summed E-state index contributed by atoms with van der Waals surface area (Å²) < 4.78 is 11.3. The molecule has 5 heteroatoms. The highest BCUT2D eigenvalue weighted by Crippen LogP contribution is 2.27. The average molecular weight is 333 g/mol. The maximum Gasteiger partial charge on any atom is 0.258 e. The summed E-state index contributed by atoms with van der Waals surface area (Å²) in [5, 5.41) is 5.21. The summed E-state index contributed by atoms with van der Waals surface area (Å²) in [5.74, 6) is 1.89. The van der Waals surface area contributed by atoms with Crippen molar-refractivity contribution in [2.45, 2.75) is 26.4 Å². The number of H-pyrrole nitrogens is 1. The van der Waals surface area contributed by atoms with Crippen LogP contribution in [0, 0.1) is 0 Å². The number of fused-ring (bicyclic) bond motifs is 1. The molecule has 4 rings (SSSR count). The average Bonchev–Trinajstić information content (AvgIpc) is 3.22. The van der Waals surface area contributed by atoms with Crippen molar-refractivity contribution in [3.05, 3.63) is 54.7 Å². The van der Waals surface area contributed by atoms with Crippen LogP contribution < -0.4 is 4.74 Å². The third-order valence-corrected chi connectivity index (χ3v) is 3.76. The van der Waals surface area contributed by atoms with Crippen molar-refractivity contribution in [2.24, 2.45) is 0 Å². The summed E-state index contributed by atoms with van der Waals surface area (Å²) in [6, 6.07) is 15.7. The Labute approximate surface area is 145 Å². The Morgan fingerprint density at radius 2 is 1.72 bits per heavy atom. The van der Waals surface area contributed by atoms with E-state index in [-0.39, 0.29) is 5.60 Å². The quantitative estimate of drug-likeness (QED) is 0.569. The SMILES string of the molecule is CC(C)(C)Oc1ccc(-c2noc(-c3ccc4[nH]ccc4c3)n2)cc1. The van der Waals surface area contributed by atoms with E-state index in [0.717, 1.165) is 27.8 Å². The molecule has 2 heterocycles. The van der Waals surface area contributed by atoms with E-state index in [2.05, 4.69) is 15.1 Å². The van der Waals surface area contributed by atoms with Crippen molar-refractivity contribution in [1.82, 2.24) is 15.1 Å². The lowest BCUT2D eigenvalue weighted by atomic mass is 10.1. The van der Waals surface area contributed by atoms with Gasteiger partial charge < -0.3 is 14.2 Å². The second-order valence-electron chi connectivity index (χ2n) is 6.94. The van der Waals surface area contributed by atoms with Gasteiger partial charge in [-0.15, -0.1) is 0 Å². The van der Waals surface area contributed by atoms with Crippen LogP contribution in [0.5, 0.6) is 5.75 Å². The molecule has 0 fully saturated rings. The third-order valence-electron chi connectivity index (χ3n) is 3.76.